The normalized spacial score (nSPS) is 17.9. The Balaban J connectivity index is 2.18. The summed E-state index contributed by atoms with van der Waals surface area (Å²) in [5.41, 5.74) is -2.42. The van der Waals surface area contributed by atoms with Gasteiger partial charge in [-0.2, -0.15) is 26.3 Å². The Hall–Kier alpha value is -1.24. The topological polar surface area (TPSA) is 12.0 Å². The van der Waals surface area contributed by atoms with Crippen molar-refractivity contribution in [3.8, 4) is 0 Å². The molecule has 0 bridgehead atoms. The molecule has 1 N–H and O–H groups in total. The second-order valence-corrected chi connectivity index (χ2v) is 5.83. The Kier molecular flexibility index (Phi) is 3.99. The van der Waals surface area contributed by atoms with Crippen LogP contribution in [0, 0.1) is 5.41 Å². The van der Waals surface area contributed by atoms with Crippen LogP contribution in [0.25, 0.3) is 0 Å². The van der Waals surface area contributed by atoms with E-state index < -0.39 is 23.5 Å². The van der Waals surface area contributed by atoms with Gasteiger partial charge in [0, 0.05) is 13.1 Å². The highest BCUT2D eigenvalue weighted by Gasteiger charge is 2.38. The highest BCUT2D eigenvalue weighted by atomic mass is 19.4. The second-order valence-electron chi connectivity index (χ2n) is 5.83. The minimum Gasteiger partial charge on any atom is -0.312 e. The summed E-state index contributed by atoms with van der Waals surface area (Å²) >= 11 is 0. The molecule has 1 fully saturated rings. The van der Waals surface area contributed by atoms with Gasteiger partial charge < -0.3 is 5.32 Å². The zero-order chi connectivity index (χ0) is 15.9. The third kappa shape index (κ3) is 4.36. The Morgan fingerprint density at radius 2 is 1.43 bits per heavy atom. The molecule has 7 heteroatoms. The fourth-order valence-corrected chi connectivity index (χ4v) is 2.02. The molecule has 1 aromatic carbocycles. The van der Waals surface area contributed by atoms with Crippen LogP contribution in [0.3, 0.4) is 0 Å². The van der Waals surface area contributed by atoms with E-state index in [2.05, 4.69) is 5.32 Å². The van der Waals surface area contributed by atoms with Gasteiger partial charge >= 0.3 is 12.4 Å². The number of alkyl halides is 6. The molecule has 0 spiro atoms. The summed E-state index contributed by atoms with van der Waals surface area (Å²) in [6.45, 7) is 2.60. The van der Waals surface area contributed by atoms with E-state index in [1.54, 1.807) is 0 Å². The van der Waals surface area contributed by atoms with Gasteiger partial charge in [-0.15, -0.1) is 0 Å². The van der Waals surface area contributed by atoms with Crippen molar-refractivity contribution < 1.29 is 26.3 Å². The second kappa shape index (κ2) is 5.19. The first kappa shape index (κ1) is 16.1. The molecular formula is C14H15F6N. The predicted octanol–water partition coefficient (Wildman–Crippen LogP) is 4.61. The predicted molar refractivity (Wildman–Crippen MR) is 65.5 cm³/mol. The monoisotopic (exact) mass is 311 g/mol. The van der Waals surface area contributed by atoms with E-state index in [0.29, 0.717) is 6.54 Å². The van der Waals surface area contributed by atoms with Gasteiger partial charge in [-0.05, 0) is 42.0 Å². The summed E-state index contributed by atoms with van der Waals surface area (Å²) < 4.78 is 76.0. The maximum atomic E-state index is 12.7. The van der Waals surface area contributed by atoms with Crippen LogP contribution in [0.5, 0.6) is 0 Å². The lowest BCUT2D eigenvalue weighted by Crippen LogP contribution is -2.22. The molecule has 2 rings (SSSR count). The summed E-state index contributed by atoms with van der Waals surface area (Å²) in [7, 11) is 0. The molecule has 1 saturated carbocycles. The largest absolute Gasteiger partial charge is 0.416 e. The van der Waals surface area contributed by atoms with Crippen LogP contribution in [0.4, 0.5) is 26.3 Å². The summed E-state index contributed by atoms with van der Waals surface area (Å²) in [5.74, 6) is 0. The lowest BCUT2D eigenvalue weighted by Gasteiger charge is -2.15. The van der Waals surface area contributed by atoms with E-state index in [4.69, 9.17) is 0 Å². The molecule has 1 nitrogen and oxygen atoms in total. The maximum Gasteiger partial charge on any atom is 0.416 e. The van der Waals surface area contributed by atoms with Gasteiger partial charge in [0.15, 0.2) is 0 Å². The number of rotatable bonds is 4. The summed E-state index contributed by atoms with van der Waals surface area (Å²) in [6.07, 6.45) is -7.54. The Morgan fingerprint density at radius 3 is 1.81 bits per heavy atom. The summed E-state index contributed by atoms with van der Waals surface area (Å²) in [4.78, 5) is 0. The SMILES string of the molecule is CC1(CNCc2cc(C(F)(F)F)cc(C(F)(F)F)c2)CC1. The molecule has 0 aromatic heterocycles. The van der Waals surface area contributed by atoms with Crippen molar-refractivity contribution in [3.63, 3.8) is 0 Å². The van der Waals surface area contributed by atoms with Crippen LogP contribution in [0.15, 0.2) is 18.2 Å². The zero-order valence-electron chi connectivity index (χ0n) is 11.3. The lowest BCUT2D eigenvalue weighted by atomic mass is 10.0. The van der Waals surface area contributed by atoms with Crippen molar-refractivity contribution in [1.29, 1.82) is 0 Å². The molecule has 0 unspecified atom stereocenters. The molecule has 1 aromatic rings. The average molecular weight is 311 g/mol. The maximum absolute atomic E-state index is 12.7. The molecular weight excluding hydrogens is 296 g/mol. The van der Waals surface area contributed by atoms with E-state index in [-0.39, 0.29) is 23.6 Å². The van der Waals surface area contributed by atoms with Gasteiger partial charge in [-0.3, -0.25) is 0 Å². The molecule has 118 valence electrons. The highest BCUT2D eigenvalue weighted by Crippen LogP contribution is 2.44. The molecule has 1 aliphatic carbocycles. The summed E-state index contributed by atoms with van der Waals surface area (Å²) in [6, 6.07) is 1.67. The van der Waals surface area contributed by atoms with E-state index >= 15 is 0 Å². The zero-order valence-corrected chi connectivity index (χ0v) is 11.3. The van der Waals surface area contributed by atoms with Crippen LogP contribution >= 0.6 is 0 Å². The molecule has 0 heterocycles. The fourth-order valence-electron chi connectivity index (χ4n) is 2.02. The van der Waals surface area contributed by atoms with E-state index in [1.165, 1.54) is 0 Å². The third-order valence-electron chi connectivity index (χ3n) is 3.63. The average Bonchev–Trinajstić information content (AvgIpc) is 3.05. The molecule has 0 aliphatic heterocycles. The first-order valence-electron chi connectivity index (χ1n) is 6.49. The number of hydrogen-bond acceptors (Lipinski definition) is 1. The van der Waals surface area contributed by atoms with Crippen LogP contribution in [-0.4, -0.2) is 6.54 Å². The molecule has 0 saturated heterocycles. The molecule has 0 amide bonds. The summed E-state index contributed by atoms with van der Waals surface area (Å²) in [5, 5.41) is 2.93. The number of nitrogens with one attached hydrogen (secondary N) is 1. The highest BCUT2D eigenvalue weighted by molar-refractivity contribution is 5.33. The quantitative estimate of drug-likeness (QED) is 0.801. The molecule has 0 radical (unpaired) electrons. The van der Waals surface area contributed by atoms with Crippen molar-refractivity contribution >= 4 is 0 Å². The molecule has 0 atom stereocenters. The van der Waals surface area contributed by atoms with E-state index in [9.17, 15) is 26.3 Å². The Morgan fingerprint density at radius 1 is 0.952 bits per heavy atom. The first-order chi connectivity index (χ1) is 9.50. The van der Waals surface area contributed by atoms with Crippen LogP contribution in [0.2, 0.25) is 0 Å². The van der Waals surface area contributed by atoms with Crippen molar-refractivity contribution in [3.05, 3.63) is 34.9 Å². The minimum atomic E-state index is -4.79. The van der Waals surface area contributed by atoms with Crippen molar-refractivity contribution in [1.82, 2.24) is 5.32 Å². The van der Waals surface area contributed by atoms with E-state index in [0.717, 1.165) is 25.0 Å². The van der Waals surface area contributed by atoms with Gasteiger partial charge in [-0.25, -0.2) is 0 Å². The number of halogens is 6. The number of hydrogen-bond donors (Lipinski definition) is 1. The lowest BCUT2D eigenvalue weighted by molar-refractivity contribution is -0.143. The van der Waals surface area contributed by atoms with Crippen LogP contribution < -0.4 is 5.32 Å². The van der Waals surface area contributed by atoms with Crippen molar-refractivity contribution in [2.75, 3.05) is 6.54 Å². The van der Waals surface area contributed by atoms with Crippen LogP contribution in [0.1, 0.15) is 36.5 Å². The minimum absolute atomic E-state index is 0.0113. The fraction of sp³-hybridized carbons (Fsp3) is 0.571. The molecule has 21 heavy (non-hydrogen) atoms. The standard InChI is InChI=1S/C14H15F6N/c1-12(2-3-12)8-21-7-9-4-10(13(15,16)17)6-11(5-9)14(18,19)20/h4-6,21H,2-3,7-8H2,1H3. The van der Waals surface area contributed by atoms with Crippen molar-refractivity contribution in [2.45, 2.75) is 38.7 Å². The van der Waals surface area contributed by atoms with Gasteiger partial charge in [0.05, 0.1) is 11.1 Å². The molecule has 1 aliphatic rings. The van der Waals surface area contributed by atoms with Gasteiger partial charge in [0.25, 0.3) is 0 Å². The van der Waals surface area contributed by atoms with Gasteiger partial charge in [0.1, 0.15) is 0 Å². The Bertz CT molecular complexity index is 481. The van der Waals surface area contributed by atoms with Gasteiger partial charge in [0.2, 0.25) is 0 Å². The van der Waals surface area contributed by atoms with Gasteiger partial charge in [-0.1, -0.05) is 6.92 Å². The van der Waals surface area contributed by atoms with Crippen LogP contribution in [-0.2, 0) is 18.9 Å². The number of benzene rings is 1. The van der Waals surface area contributed by atoms with Crippen molar-refractivity contribution in [2.24, 2.45) is 5.41 Å². The van der Waals surface area contributed by atoms with E-state index in [1.807, 2.05) is 6.92 Å². The Labute approximate surface area is 118 Å². The first-order valence-corrected chi connectivity index (χ1v) is 6.49. The smallest absolute Gasteiger partial charge is 0.312 e. The third-order valence-corrected chi connectivity index (χ3v) is 3.63.